The van der Waals surface area contributed by atoms with E-state index in [1.807, 2.05) is 27.7 Å². The Kier molecular flexibility index (Phi) is 19.3. The van der Waals surface area contributed by atoms with E-state index in [4.69, 9.17) is 0 Å². The number of hydrogen-bond donors (Lipinski definition) is 7. The maximum absolute atomic E-state index is 13.5. The van der Waals surface area contributed by atoms with Crippen LogP contribution in [0.4, 0.5) is 0 Å². The molecule has 0 aliphatic rings. The molecular formula is C32H57N7O7. The minimum atomic E-state index is -1.26. The largest absolute Gasteiger partial charge is 0.390 e. The lowest BCUT2D eigenvalue weighted by atomic mass is 9.95. The fraction of sp³-hybridized carbons (Fsp3) is 0.719. The second-order valence-corrected chi connectivity index (χ2v) is 12.2. The third kappa shape index (κ3) is 14.1. The number of nitrogens with one attached hydrogen (secondary N) is 6. The van der Waals surface area contributed by atoms with Gasteiger partial charge in [0.2, 0.25) is 23.6 Å². The van der Waals surface area contributed by atoms with Gasteiger partial charge in [0.25, 0.3) is 11.5 Å². The van der Waals surface area contributed by atoms with Crippen LogP contribution in [-0.2, 0) is 19.2 Å². The van der Waals surface area contributed by atoms with Crippen molar-refractivity contribution in [1.29, 1.82) is 0 Å². The van der Waals surface area contributed by atoms with E-state index in [1.54, 1.807) is 27.7 Å². The highest BCUT2D eigenvalue weighted by Crippen LogP contribution is 2.14. The molecule has 14 nitrogen and oxygen atoms in total. The zero-order chi connectivity index (χ0) is 34.3. The van der Waals surface area contributed by atoms with Crippen LogP contribution in [0.15, 0.2) is 16.9 Å². The van der Waals surface area contributed by atoms with Crippen molar-refractivity contribution in [2.45, 2.75) is 125 Å². The Morgan fingerprint density at radius 1 is 0.870 bits per heavy atom. The van der Waals surface area contributed by atoms with E-state index in [0.29, 0.717) is 25.8 Å². The number of aliphatic hydroxyl groups is 1. The number of likely N-dealkylation sites (N-methyl/N-ethyl adjacent to an activating group) is 1. The fourth-order valence-electron chi connectivity index (χ4n) is 4.69. The lowest BCUT2D eigenvalue weighted by molar-refractivity contribution is -0.133. The second-order valence-electron chi connectivity index (χ2n) is 12.2. The minimum Gasteiger partial charge on any atom is -0.390 e. The highest BCUT2D eigenvalue weighted by molar-refractivity contribution is 5.97. The Bertz CT molecular complexity index is 1170. The molecule has 1 aromatic heterocycles. The Morgan fingerprint density at radius 2 is 1.52 bits per heavy atom. The average Bonchev–Trinajstić information content (AvgIpc) is 2.97. The van der Waals surface area contributed by atoms with E-state index < -0.39 is 59.5 Å². The summed E-state index contributed by atoms with van der Waals surface area (Å²) in [7, 11) is 0. The van der Waals surface area contributed by atoms with Gasteiger partial charge in [0.05, 0.1) is 18.6 Å². The summed E-state index contributed by atoms with van der Waals surface area (Å²) < 4.78 is 0. The summed E-state index contributed by atoms with van der Waals surface area (Å²) >= 11 is 0. The van der Waals surface area contributed by atoms with Crippen LogP contribution in [-0.4, -0.2) is 81.7 Å². The summed E-state index contributed by atoms with van der Waals surface area (Å²) in [5.41, 5.74) is -0.546. The predicted octanol–water partition coefficient (Wildman–Crippen LogP) is 1.39. The summed E-state index contributed by atoms with van der Waals surface area (Å²) in [6.07, 6.45) is 0.142. The molecule has 46 heavy (non-hydrogen) atoms. The lowest BCUT2D eigenvalue weighted by Crippen LogP contribution is -2.58. The zero-order valence-corrected chi connectivity index (χ0v) is 27.9. The SMILES string of the molecule is C.CCC[C@H](NC(=O)[C@@H](NC(=O)c1ccc(=O)[nH]n1)[C@@H](C)CC)C(=O)N[C@@H](CC(C)C)[C@@H](O)CC(=O)N[C@H](C(=O)NCC)C(C)C. The number of aliphatic hydroxyl groups excluding tert-OH is 1. The predicted molar refractivity (Wildman–Crippen MR) is 177 cm³/mol. The number of amides is 5. The van der Waals surface area contributed by atoms with E-state index in [2.05, 4.69) is 36.8 Å². The first kappa shape index (κ1) is 42.2. The summed E-state index contributed by atoms with van der Waals surface area (Å²) in [5.74, 6) is -3.04. The molecule has 6 atom stereocenters. The fourth-order valence-corrected chi connectivity index (χ4v) is 4.69. The van der Waals surface area contributed by atoms with Crippen molar-refractivity contribution in [2.75, 3.05) is 6.54 Å². The third-order valence-corrected chi connectivity index (χ3v) is 7.43. The maximum Gasteiger partial charge on any atom is 0.272 e. The second kappa shape index (κ2) is 21.1. The van der Waals surface area contributed by atoms with Crippen molar-refractivity contribution in [3.05, 3.63) is 28.2 Å². The van der Waals surface area contributed by atoms with Crippen LogP contribution in [0.5, 0.6) is 0 Å². The molecule has 0 aliphatic carbocycles. The standard InChI is InChI=1S/C31H53N7O7.CH4/c1-9-12-20(33-31(45)27(19(8)10-2)36-29(43)21-13-14-24(40)38-37-21)28(42)34-22(15-17(4)5)23(39)16-25(41)35-26(18(6)7)30(44)32-11-3;/h13-14,17-20,22-23,26-27,39H,9-12,15-16H2,1-8H3,(H,32,44)(H,33,45)(H,34,42)(H,35,41)(H,36,43)(H,38,40);1H4/t19-,20-,22-,23-,26-,27-;/m0./s1. The van der Waals surface area contributed by atoms with Crippen molar-refractivity contribution in [1.82, 2.24) is 36.8 Å². The van der Waals surface area contributed by atoms with Gasteiger partial charge in [0.1, 0.15) is 23.8 Å². The van der Waals surface area contributed by atoms with Gasteiger partial charge in [0, 0.05) is 12.6 Å². The summed E-state index contributed by atoms with van der Waals surface area (Å²) in [6.45, 7) is 15.1. The van der Waals surface area contributed by atoms with Gasteiger partial charge in [-0.05, 0) is 43.6 Å². The van der Waals surface area contributed by atoms with Gasteiger partial charge in [0.15, 0.2) is 0 Å². The van der Waals surface area contributed by atoms with Crippen LogP contribution >= 0.6 is 0 Å². The van der Waals surface area contributed by atoms with Crippen molar-refractivity contribution >= 4 is 29.5 Å². The molecule has 7 N–H and O–H groups in total. The van der Waals surface area contributed by atoms with Crippen molar-refractivity contribution in [3.8, 4) is 0 Å². The molecule has 0 aliphatic heterocycles. The summed E-state index contributed by atoms with van der Waals surface area (Å²) in [6, 6.07) is -1.15. The van der Waals surface area contributed by atoms with Crippen LogP contribution in [0.2, 0.25) is 0 Å². The van der Waals surface area contributed by atoms with Gasteiger partial charge in [-0.2, -0.15) is 5.10 Å². The Morgan fingerprint density at radius 3 is 2.02 bits per heavy atom. The topological polar surface area (TPSA) is 211 Å². The quantitative estimate of drug-likeness (QED) is 0.116. The number of aromatic amines is 1. The molecule has 14 heteroatoms. The summed E-state index contributed by atoms with van der Waals surface area (Å²) in [5, 5.41) is 30.5. The van der Waals surface area contributed by atoms with Crippen molar-refractivity contribution in [2.24, 2.45) is 17.8 Å². The van der Waals surface area contributed by atoms with Gasteiger partial charge in [-0.1, -0.05) is 68.7 Å². The van der Waals surface area contributed by atoms with Gasteiger partial charge in [-0.25, -0.2) is 5.10 Å². The molecule has 262 valence electrons. The molecule has 0 bridgehead atoms. The van der Waals surface area contributed by atoms with E-state index in [-0.39, 0.29) is 49.6 Å². The third-order valence-electron chi connectivity index (χ3n) is 7.43. The highest BCUT2D eigenvalue weighted by atomic mass is 16.3. The molecule has 0 saturated carbocycles. The monoisotopic (exact) mass is 651 g/mol. The van der Waals surface area contributed by atoms with Gasteiger partial charge in [-0.15, -0.1) is 0 Å². The first-order valence-electron chi connectivity index (χ1n) is 15.9. The van der Waals surface area contributed by atoms with Crippen LogP contribution in [0, 0.1) is 17.8 Å². The van der Waals surface area contributed by atoms with Crippen LogP contribution in [0.3, 0.4) is 0 Å². The number of aromatic nitrogens is 2. The average molecular weight is 652 g/mol. The lowest BCUT2D eigenvalue weighted by Gasteiger charge is -2.30. The summed E-state index contributed by atoms with van der Waals surface area (Å²) in [4.78, 5) is 76.3. The van der Waals surface area contributed by atoms with Gasteiger partial charge < -0.3 is 31.7 Å². The van der Waals surface area contributed by atoms with Crippen LogP contribution in [0.25, 0.3) is 0 Å². The van der Waals surface area contributed by atoms with Gasteiger partial charge >= 0.3 is 0 Å². The Labute approximate surface area is 273 Å². The maximum atomic E-state index is 13.5. The molecular weight excluding hydrogens is 594 g/mol. The van der Waals surface area contributed by atoms with E-state index in [1.165, 1.54) is 6.07 Å². The highest BCUT2D eigenvalue weighted by Gasteiger charge is 2.33. The number of carbonyl (C=O) groups is 5. The van der Waals surface area contributed by atoms with Gasteiger partial charge in [-0.3, -0.25) is 28.8 Å². The molecule has 1 aromatic rings. The molecule has 0 saturated heterocycles. The molecule has 0 spiro atoms. The Hall–Kier alpha value is -3.81. The minimum absolute atomic E-state index is 0. The van der Waals surface area contributed by atoms with Crippen LogP contribution < -0.4 is 32.1 Å². The van der Waals surface area contributed by atoms with Crippen molar-refractivity contribution in [3.63, 3.8) is 0 Å². The molecule has 0 radical (unpaired) electrons. The number of nitrogens with zero attached hydrogens (tertiary/aromatic N) is 1. The molecule has 0 unspecified atom stereocenters. The normalized spacial score (nSPS) is 14.9. The number of carbonyl (C=O) groups excluding carboxylic acids is 5. The van der Waals surface area contributed by atoms with E-state index in [0.717, 1.165) is 6.07 Å². The number of H-pyrrole nitrogens is 1. The zero-order valence-electron chi connectivity index (χ0n) is 27.9. The molecule has 1 heterocycles. The molecule has 0 fully saturated rings. The Balaban J connectivity index is 0.0000202. The molecule has 1 rings (SSSR count). The number of rotatable bonds is 19. The van der Waals surface area contributed by atoms with Crippen LogP contribution in [0.1, 0.15) is 105 Å². The smallest absolute Gasteiger partial charge is 0.272 e. The molecule has 5 amide bonds. The van der Waals surface area contributed by atoms with E-state index in [9.17, 15) is 33.9 Å². The van der Waals surface area contributed by atoms with E-state index >= 15 is 0 Å². The first-order chi connectivity index (χ1) is 21.1. The first-order valence-corrected chi connectivity index (χ1v) is 15.9. The number of hydrogen-bond acceptors (Lipinski definition) is 8. The molecule has 0 aromatic carbocycles. The van der Waals surface area contributed by atoms with Crippen molar-refractivity contribution < 1.29 is 29.1 Å².